The van der Waals surface area contributed by atoms with Crippen molar-refractivity contribution >= 4 is 32.3 Å². The number of nitrogens with one attached hydrogen (secondary N) is 1. The predicted octanol–water partition coefficient (Wildman–Crippen LogP) is 3.61. The van der Waals surface area contributed by atoms with Gasteiger partial charge in [-0.1, -0.05) is 35.7 Å². The van der Waals surface area contributed by atoms with Gasteiger partial charge in [0.25, 0.3) is 0 Å². The Hall–Kier alpha value is -1.86. The predicted molar refractivity (Wildman–Crippen MR) is 95.4 cm³/mol. The Bertz CT molecular complexity index is 1030. The lowest BCUT2D eigenvalue weighted by atomic mass is 10.1. The first-order chi connectivity index (χ1) is 11.9. The van der Waals surface area contributed by atoms with Gasteiger partial charge in [-0.15, -0.1) is 0 Å². The fourth-order valence-corrected chi connectivity index (χ4v) is 5.47. The van der Waals surface area contributed by atoms with Crippen molar-refractivity contribution in [3.63, 3.8) is 0 Å². The fourth-order valence-electron chi connectivity index (χ4n) is 3.73. The van der Waals surface area contributed by atoms with E-state index in [1.165, 1.54) is 6.26 Å². The number of hydrogen-bond acceptors (Lipinski definition) is 5. The fraction of sp³-hybridized carbons (Fsp3) is 0.412. The van der Waals surface area contributed by atoms with Crippen LogP contribution in [0, 0.1) is 0 Å². The van der Waals surface area contributed by atoms with Gasteiger partial charge >= 0.3 is 0 Å². The van der Waals surface area contributed by atoms with E-state index in [2.05, 4.69) is 15.1 Å². The number of sulfone groups is 1. The van der Waals surface area contributed by atoms with Gasteiger partial charge in [0.05, 0.1) is 11.4 Å². The molecule has 2 heterocycles. The molecule has 4 rings (SSSR count). The average molecular weight is 380 g/mol. The monoisotopic (exact) mass is 379 g/mol. The summed E-state index contributed by atoms with van der Waals surface area (Å²) in [4.78, 5) is 7.60. The van der Waals surface area contributed by atoms with Gasteiger partial charge in [0.2, 0.25) is 5.89 Å². The number of H-pyrrole nitrogens is 1. The summed E-state index contributed by atoms with van der Waals surface area (Å²) in [6, 6.07) is 5.66. The lowest BCUT2D eigenvalue weighted by Gasteiger charge is -2.22. The summed E-state index contributed by atoms with van der Waals surface area (Å²) in [7, 11) is -3.32. The maximum Gasteiger partial charge on any atom is 0.231 e. The summed E-state index contributed by atoms with van der Waals surface area (Å²) in [5, 5.41) is 5.58. The standard InChI is InChI=1S/C17H18ClN3O3S/c1-25(22,23)17(7-2-3-8-17)16-20-14(24-21-16)9-11-10-19-13-6-4-5-12(18)15(11)13/h4-6,10,19H,2-3,7-9H2,1H3. The Kier molecular flexibility index (Phi) is 3.88. The number of fused-ring (bicyclic) bond motifs is 1. The van der Waals surface area contributed by atoms with Gasteiger partial charge in [0.15, 0.2) is 15.7 Å². The lowest BCUT2D eigenvalue weighted by molar-refractivity contribution is 0.370. The zero-order valence-electron chi connectivity index (χ0n) is 13.8. The summed E-state index contributed by atoms with van der Waals surface area (Å²) in [5.41, 5.74) is 1.88. The van der Waals surface area contributed by atoms with Crippen molar-refractivity contribution < 1.29 is 12.9 Å². The van der Waals surface area contributed by atoms with Crippen molar-refractivity contribution in [3.8, 4) is 0 Å². The Morgan fingerprint density at radius 1 is 1.32 bits per heavy atom. The molecule has 132 valence electrons. The zero-order chi connectivity index (χ0) is 17.7. The second-order valence-electron chi connectivity index (χ2n) is 6.64. The summed E-state index contributed by atoms with van der Waals surface area (Å²) < 4.78 is 29.1. The first kappa shape index (κ1) is 16.6. The second-order valence-corrected chi connectivity index (χ2v) is 9.37. The molecule has 0 amide bonds. The van der Waals surface area contributed by atoms with E-state index in [0.29, 0.717) is 30.2 Å². The smallest absolute Gasteiger partial charge is 0.231 e. The Balaban J connectivity index is 1.70. The van der Waals surface area contributed by atoms with Crippen molar-refractivity contribution in [2.75, 3.05) is 6.26 Å². The topological polar surface area (TPSA) is 88.9 Å². The summed E-state index contributed by atoms with van der Waals surface area (Å²) in [6.07, 6.45) is 6.32. The van der Waals surface area contributed by atoms with Crippen molar-refractivity contribution in [1.29, 1.82) is 0 Å². The molecule has 2 aromatic heterocycles. The highest BCUT2D eigenvalue weighted by molar-refractivity contribution is 7.91. The van der Waals surface area contributed by atoms with E-state index in [1.54, 1.807) is 0 Å². The molecule has 0 aliphatic heterocycles. The van der Waals surface area contributed by atoms with Crippen molar-refractivity contribution in [2.45, 2.75) is 36.9 Å². The molecule has 0 bridgehead atoms. The quantitative estimate of drug-likeness (QED) is 0.747. The number of aromatic amines is 1. The van der Waals surface area contributed by atoms with Gasteiger partial charge < -0.3 is 9.51 Å². The molecule has 1 saturated carbocycles. The van der Waals surface area contributed by atoms with Crippen LogP contribution >= 0.6 is 11.6 Å². The van der Waals surface area contributed by atoms with Crippen molar-refractivity contribution in [3.05, 3.63) is 46.7 Å². The van der Waals surface area contributed by atoms with Crippen LogP contribution in [0.25, 0.3) is 10.9 Å². The second kappa shape index (κ2) is 5.85. The largest absolute Gasteiger partial charge is 0.361 e. The minimum atomic E-state index is -3.32. The number of aromatic nitrogens is 3. The minimum Gasteiger partial charge on any atom is -0.361 e. The molecule has 0 radical (unpaired) electrons. The van der Waals surface area contributed by atoms with Gasteiger partial charge in [-0.25, -0.2) is 8.42 Å². The molecular formula is C17H18ClN3O3S. The van der Waals surface area contributed by atoms with E-state index in [1.807, 2.05) is 24.4 Å². The minimum absolute atomic E-state index is 0.286. The first-order valence-corrected chi connectivity index (χ1v) is 10.4. The number of benzene rings is 1. The third-order valence-electron chi connectivity index (χ3n) is 5.07. The van der Waals surface area contributed by atoms with E-state index in [0.717, 1.165) is 29.3 Å². The molecule has 1 aliphatic carbocycles. The van der Waals surface area contributed by atoms with Crippen LogP contribution in [-0.2, 0) is 21.0 Å². The maximum absolute atomic E-state index is 12.4. The third kappa shape index (κ3) is 2.66. The highest BCUT2D eigenvalue weighted by Crippen LogP contribution is 2.43. The van der Waals surface area contributed by atoms with E-state index < -0.39 is 14.6 Å². The highest BCUT2D eigenvalue weighted by Gasteiger charge is 2.48. The van der Waals surface area contributed by atoms with Crippen LogP contribution in [0.3, 0.4) is 0 Å². The van der Waals surface area contributed by atoms with Crippen molar-refractivity contribution in [2.24, 2.45) is 0 Å². The molecule has 0 spiro atoms. The van der Waals surface area contributed by atoms with Gasteiger partial charge in [0.1, 0.15) is 4.75 Å². The molecule has 1 fully saturated rings. The van der Waals surface area contributed by atoms with Gasteiger partial charge in [0, 0.05) is 23.4 Å². The van der Waals surface area contributed by atoms with Gasteiger partial charge in [-0.3, -0.25) is 0 Å². The molecule has 8 heteroatoms. The highest BCUT2D eigenvalue weighted by atomic mass is 35.5. The summed E-state index contributed by atoms with van der Waals surface area (Å²) in [5.74, 6) is 0.680. The van der Waals surface area contributed by atoms with Gasteiger partial charge in [-0.2, -0.15) is 4.98 Å². The number of nitrogens with zero attached hydrogens (tertiary/aromatic N) is 2. The molecule has 0 atom stereocenters. The van der Waals surface area contributed by atoms with Crippen LogP contribution < -0.4 is 0 Å². The first-order valence-electron chi connectivity index (χ1n) is 8.18. The van der Waals surface area contributed by atoms with Crippen molar-refractivity contribution in [1.82, 2.24) is 15.1 Å². The van der Waals surface area contributed by atoms with Gasteiger partial charge in [-0.05, 0) is 30.5 Å². The molecule has 0 saturated heterocycles. The molecular weight excluding hydrogens is 362 g/mol. The van der Waals surface area contributed by atoms with E-state index in [4.69, 9.17) is 16.1 Å². The normalized spacial score (nSPS) is 17.4. The lowest BCUT2D eigenvalue weighted by Crippen LogP contribution is -2.33. The Labute approximate surface area is 150 Å². The maximum atomic E-state index is 12.4. The molecule has 0 unspecified atom stereocenters. The van der Waals surface area contributed by atoms with Crippen LogP contribution in [0.2, 0.25) is 5.02 Å². The van der Waals surface area contributed by atoms with Crippen LogP contribution in [0.15, 0.2) is 28.9 Å². The Morgan fingerprint density at radius 2 is 2.08 bits per heavy atom. The molecule has 6 nitrogen and oxygen atoms in total. The molecule has 1 aromatic carbocycles. The average Bonchev–Trinajstić information content (AvgIpc) is 3.26. The van der Waals surface area contributed by atoms with Crippen LogP contribution in [0.1, 0.15) is 43.0 Å². The van der Waals surface area contributed by atoms with Crippen LogP contribution in [0.5, 0.6) is 0 Å². The molecule has 1 aliphatic rings. The molecule has 3 aromatic rings. The number of rotatable bonds is 4. The molecule has 1 N–H and O–H groups in total. The van der Waals surface area contributed by atoms with Crippen LogP contribution in [0.4, 0.5) is 0 Å². The van der Waals surface area contributed by atoms with E-state index in [9.17, 15) is 8.42 Å². The SMILES string of the molecule is CS(=O)(=O)C1(c2noc(Cc3c[nH]c4cccc(Cl)c34)n2)CCCC1. The van der Waals surface area contributed by atoms with E-state index in [-0.39, 0.29) is 5.82 Å². The number of hydrogen-bond donors (Lipinski definition) is 1. The zero-order valence-corrected chi connectivity index (χ0v) is 15.3. The summed E-state index contributed by atoms with van der Waals surface area (Å²) >= 11 is 6.29. The van der Waals surface area contributed by atoms with Crippen LogP contribution in [-0.4, -0.2) is 29.8 Å². The third-order valence-corrected chi connectivity index (χ3v) is 7.40. The van der Waals surface area contributed by atoms with E-state index >= 15 is 0 Å². The number of halogens is 1. The molecule has 25 heavy (non-hydrogen) atoms. The Morgan fingerprint density at radius 3 is 2.80 bits per heavy atom. The summed E-state index contributed by atoms with van der Waals surface area (Å²) in [6.45, 7) is 0.